The summed E-state index contributed by atoms with van der Waals surface area (Å²) in [6.45, 7) is 1.81. The van der Waals surface area contributed by atoms with Gasteiger partial charge in [0.15, 0.2) is 5.78 Å². The van der Waals surface area contributed by atoms with Crippen LogP contribution in [-0.4, -0.2) is 21.5 Å². The van der Waals surface area contributed by atoms with Crippen molar-refractivity contribution in [2.75, 3.05) is 0 Å². The molecule has 1 aromatic carbocycles. The van der Waals surface area contributed by atoms with Gasteiger partial charge in [0.2, 0.25) is 5.78 Å². The van der Waals surface area contributed by atoms with Crippen molar-refractivity contribution >= 4 is 11.6 Å². The van der Waals surface area contributed by atoms with Gasteiger partial charge in [0, 0.05) is 11.8 Å². The number of aryl methyl sites for hydroxylation is 1. The molecule has 0 saturated heterocycles. The molecule has 5 heteroatoms. The first-order valence-corrected chi connectivity index (χ1v) is 7.45. The van der Waals surface area contributed by atoms with E-state index in [1.165, 1.54) is 12.3 Å². The van der Waals surface area contributed by atoms with Crippen molar-refractivity contribution in [1.82, 2.24) is 9.97 Å². The summed E-state index contributed by atoms with van der Waals surface area (Å²) in [5, 5.41) is 0. The molecule has 1 N–H and O–H groups in total. The zero-order valence-corrected chi connectivity index (χ0v) is 12.8. The fourth-order valence-electron chi connectivity index (χ4n) is 2.91. The molecule has 0 fully saturated rings. The summed E-state index contributed by atoms with van der Waals surface area (Å²) < 4.78 is 0. The lowest BCUT2D eigenvalue weighted by Gasteiger charge is -2.17. The molecule has 2 aromatic heterocycles. The zero-order valence-electron chi connectivity index (χ0n) is 12.8. The van der Waals surface area contributed by atoms with Crippen molar-refractivity contribution < 1.29 is 9.59 Å². The zero-order chi connectivity index (χ0) is 16.8. The van der Waals surface area contributed by atoms with Crippen LogP contribution in [0.5, 0.6) is 0 Å². The van der Waals surface area contributed by atoms with Gasteiger partial charge in [-0.2, -0.15) is 0 Å². The van der Waals surface area contributed by atoms with E-state index in [2.05, 4.69) is 9.97 Å². The summed E-state index contributed by atoms with van der Waals surface area (Å²) in [5.41, 5.74) is 2.02. The number of H-pyrrole nitrogens is 1. The van der Waals surface area contributed by atoms with Crippen LogP contribution in [0.25, 0.3) is 11.1 Å². The summed E-state index contributed by atoms with van der Waals surface area (Å²) in [7, 11) is 0. The Morgan fingerprint density at radius 3 is 2.38 bits per heavy atom. The maximum atomic E-state index is 12.8. The molecule has 24 heavy (non-hydrogen) atoms. The number of carbonyl (C=O) groups is 2. The van der Waals surface area contributed by atoms with Gasteiger partial charge in [-0.25, -0.2) is 0 Å². The van der Waals surface area contributed by atoms with Gasteiger partial charge in [-0.15, -0.1) is 0 Å². The molecule has 5 nitrogen and oxygen atoms in total. The molecule has 2 heterocycles. The van der Waals surface area contributed by atoms with Gasteiger partial charge in [-0.05, 0) is 30.2 Å². The number of pyridine rings is 2. The van der Waals surface area contributed by atoms with E-state index in [1.54, 1.807) is 18.2 Å². The predicted molar refractivity (Wildman–Crippen MR) is 88.3 cm³/mol. The molecule has 0 bridgehead atoms. The Labute approximate surface area is 137 Å². The van der Waals surface area contributed by atoms with E-state index in [4.69, 9.17) is 0 Å². The Bertz CT molecular complexity index is 1070. The summed E-state index contributed by atoms with van der Waals surface area (Å²) in [6, 6.07) is 12.2. The maximum Gasteiger partial charge on any atom is 0.256 e. The number of hydrogen-bond acceptors (Lipinski definition) is 4. The largest absolute Gasteiger partial charge is 0.318 e. The van der Waals surface area contributed by atoms with Crippen molar-refractivity contribution in [3.63, 3.8) is 0 Å². The second-order valence-corrected chi connectivity index (χ2v) is 5.73. The Kier molecular flexibility index (Phi) is 3.03. The van der Waals surface area contributed by atoms with Crippen molar-refractivity contribution in [2.24, 2.45) is 0 Å². The number of nitrogens with one attached hydrogen (secondary N) is 1. The number of carbonyl (C=O) groups excluding carboxylic acids is 2. The van der Waals surface area contributed by atoms with E-state index in [9.17, 15) is 14.4 Å². The van der Waals surface area contributed by atoms with Gasteiger partial charge in [-0.1, -0.05) is 30.3 Å². The Morgan fingerprint density at radius 2 is 1.62 bits per heavy atom. The van der Waals surface area contributed by atoms with Crippen molar-refractivity contribution in [3.8, 4) is 11.1 Å². The van der Waals surface area contributed by atoms with E-state index in [0.717, 1.165) is 5.56 Å². The van der Waals surface area contributed by atoms with E-state index in [1.807, 2.05) is 25.1 Å². The molecule has 0 unspecified atom stereocenters. The fraction of sp³-hybridized carbons (Fsp3) is 0.0526. The standard InChI is InChI=1S/C19H12N2O3/c1-10-7-13-15(20-9-10)18(23)16-14(17(13)22)8-12(19(24)21-16)11-5-3-2-4-6-11/h2-9H,1H3,(H,21,24). The molecule has 0 aliphatic heterocycles. The third kappa shape index (κ3) is 2.02. The Hall–Kier alpha value is -3.34. The lowest BCUT2D eigenvalue weighted by Crippen LogP contribution is -2.27. The van der Waals surface area contributed by atoms with Crippen LogP contribution >= 0.6 is 0 Å². The van der Waals surface area contributed by atoms with Crippen LogP contribution in [-0.2, 0) is 0 Å². The quantitative estimate of drug-likeness (QED) is 0.585. The van der Waals surface area contributed by atoms with Crippen LogP contribution in [0.2, 0.25) is 0 Å². The number of aromatic amines is 1. The minimum Gasteiger partial charge on any atom is -0.318 e. The predicted octanol–water partition coefficient (Wildman–Crippen LogP) is 2.52. The van der Waals surface area contributed by atoms with Crippen molar-refractivity contribution in [3.05, 3.63) is 87.1 Å². The number of fused-ring (bicyclic) bond motifs is 2. The topological polar surface area (TPSA) is 79.9 Å². The lowest BCUT2D eigenvalue weighted by atomic mass is 9.88. The molecule has 1 aliphatic rings. The van der Waals surface area contributed by atoms with Crippen LogP contribution in [0, 0.1) is 6.92 Å². The second kappa shape index (κ2) is 5.09. The summed E-state index contributed by atoms with van der Waals surface area (Å²) in [6.07, 6.45) is 1.53. The summed E-state index contributed by atoms with van der Waals surface area (Å²) in [5.74, 6) is -0.736. The molecule has 0 amide bonds. The minimum absolute atomic E-state index is 0.00790. The number of rotatable bonds is 1. The number of nitrogens with zero attached hydrogens (tertiary/aromatic N) is 1. The molecular weight excluding hydrogens is 304 g/mol. The van der Waals surface area contributed by atoms with Gasteiger partial charge in [0.25, 0.3) is 5.56 Å². The lowest BCUT2D eigenvalue weighted by molar-refractivity contribution is 0.0971. The molecule has 0 atom stereocenters. The first kappa shape index (κ1) is 14.3. The third-order valence-electron chi connectivity index (χ3n) is 4.08. The normalized spacial score (nSPS) is 12.7. The number of ketones is 2. The molecule has 0 radical (unpaired) electrons. The summed E-state index contributed by atoms with van der Waals surface area (Å²) >= 11 is 0. The highest BCUT2D eigenvalue weighted by Crippen LogP contribution is 2.27. The third-order valence-corrected chi connectivity index (χ3v) is 4.08. The van der Waals surface area contributed by atoms with Gasteiger partial charge >= 0.3 is 0 Å². The van der Waals surface area contributed by atoms with Crippen LogP contribution in [0.15, 0.2) is 53.5 Å². The number of benzene rings is 1. The van der Waals surface area contributed by atoms with E-state index in [-0.39, 0.29) is 28.3 Å². The van der Waals surface area contributed by atoms with Crippen molar-refractivity contribution in [2.45, 2.75) is 6.92 Å². The highest BCUT2D eigenvalue weighted by atomic mass is 16.1. The van der Waals surface area contributed by atoms with Crippen LogP contribution in [0.1, 0.15) is 37.7 Å². The first-order chi connectivity index (χ1) is 11.6. The van der Waals surface area contributed by atoms with Gasteiger partial charge < -0.3 is 4.98 Å². The maximum absolute atomic E-state index is 12.8. The molecule has 116 valence electrons. The average Bonchev–Trinajstić information content (AvgIpc) is 2.60. The van der Waals surface area contributed by atoms with Crippen LogP contribution < -0.4 is 5.56 Å². The average molecular weight is 316 g/mol. The monoisotopic (exact) mass is 316 g/mol. The number of hydrogen-bond donors (Lipinski definition) is 1. The van der Waals surface area contributed by atoms with E-state index >= 15 is 0 Å². The van der Waals surface area contributed by atoms with E-state index in [0.29, 0.717) is 11.1 Å². The Balaban J connectivity index is 1.97. The molecule has 3 aromatic rings. The van der Waals surface area contributed by atoms with E-state index < -0.39 is 11.3 Å². The van der Waals surface area contributed by atoms with Crippen LogP contribution in [0.4, 0.5) is 0 Å². The SMILES string of the molecule is Cc1cnc2c(c1)C(=O)c1cc(-c3ccccc3)c(=O)[nH]c1C2=O. The minimum atomic E-state index is -0.434. The fourth-order valence-corrected chi connectivity index (χ4v) is 2.91. The van der Waals surface area contributed by atoms with Gasteiger partial charge in [0.1, 0.15) is 11.4 Å². The first-order valence-electron chi connectivity index (χ1n) is 7.45. The van der Waals surface area contributed by atoms with Gasteiger partial charge in [0.05, 0.1) is 11.1 Å². The molecule has 0 saturated carbocycles. The highest BCUT2D eigenvalue weighted by Gasteiger charge is 2.32. The molecular formula is C19H12N2O3. The molecule has 4 rings (SSSR count). The smallest absolute Gasteiger partial charge is 0.256 e. The second-order valence-electron chi connectivity index (χ2n) is 5.73. The highest BCUT2D eigenvalue weighted by molar-refractivity contribution is 6.27. The molecule has 0 spiro atoms. The Morgan fingerprint density at radius 1 is 0.875 bits per heavy atom. The molecule has 1 aliphatic carbocycles. The summed E-state index contributed by atoms with van der Waals surface area (Å²) in [4.78, 5) is 44.4. The van der Waals surface area contributed by atoms with Crippen molar-refractivity contribution in [1.29, 1.82) is 0 Å². The number of aromatic nitrogens is 2. The van der Waals surface area contributed by atoms with Gasteiger partial charge in [-0.3, -0.25) is 19.4 Å². The van der Waals surface area contributed by atoms with Crippen LogP contribution in [0.3, 0.4) is 0 Å².